The topological polar surface area (TPSA) is 68.5 Å². The molecule has 0 aliphatic rings. The van der Waals surface area contributed by atoms with Crippen LogP contribution in [-0.4, -0.2) is 38.6 Å². The number of halogens is 1. The summed E-state index contributed by atoms with van der Waals surface area (Å²) >= 11 is 5.85. The Morgan fingerprint density at radius 1 is 1.47 bits per heavy atom. The second kappa shape index (κ2) is 4.50. The van der Waals surface area contributed by atoms with Gasteiger partial charge in [0.15, 0.2) is 16.3 Å². The number of rotatable bonds is 4. The minimum Gasteiger partial charge on any atom is -0.320 e. The summed E-state index contributed by atoms with van der Waals surface area (Å²) in [6, 6.07) is 0. The molecule has 7 heteroatoms. The standard InChI is InChI=1S/C8H11ClN6/c1-10-3-2-4-15-8-6(13-14-15)7(9)11-5-12-8/h5,10H,2-4H2,1H3. The molecule has 0 aliphatic heterocycles. The van der Waals surface area contributed by atoms with Gasteiger partial charge >= 0.3 is 0 Å². The summed E-state index contributed by atoms with van der Waals surface area (Å²) in [6.45, 7) is 1.70. The maximum absolute atomic E-state index is 5.85. The van der Waals surface area contributed by atoms with Crippen LogP contribution in [0, 0.1) is 0 Å². The van der Waals surface area contributed by atoms with Crippen LogP contribution >= 0.6 is 11.6 Å². The van der Waals surface area contributed by atoms with Gasteiger partial charge in [0.1, 0.15) is 6.33 Å². The minimum absolute atomic E-state index is 0.347. The van der Waals surface area contributed by atoms with Crippen molar-refractivity contribution in [2.24, 2.45) is 0 Å². The van der Waals surface area contributed by atoms with Crippen LogP contribution in [0.25, 0.3) is 11.2 Å². The van der Waals surface area contributed by atoms with Gasteiger partial charge in [-0.25, -0.2) is 14.6 Å². The van der Waals surface area contributed by atoms with Crippen LogP contribution in [-0.2, 0) is 6.54 Å². The van der Waals surface area contributed by atoms with Gasteiger partial charge in [0.2, 0.25) is 0 Å². The summed E-state index contributed by atoms with van der Waals surface area (Å²) in [6.07, 6.45) is 2.39. The zero-order valence-electron chi connectivity index (χ0n) is 8.31. The number of nitrogens with one attached hydrogen (secondary N) is 1. The zero-order chi connectivity index (χ0) is 10.7. The average molecular weight is 227 g/mol. The highest BCUT2D eigenvalue weighted by Gasteiger charge is 2.08. The second-order valence-corrected chi connectivity index (χ2v) is 3.46. The number of aryl methyl sites for hydroxylation is 1. The Labute approximate surface area is 91.7 Å². The molecule has 0 saturated carbocycles. The summed E-state index contributed by atoms with van der Waals surface area (Å²) in [5, 5.41) is 11.3. The number of fused-ring (bicyclic) bond motifs is 1. The molecule has 1 N–H and O–H groups in total. The third-order valence-corrected chi connectivity index (χ3v) is 2.33. The number of aromatic nitrogens is 5. The predicted octanol–water partition coefficient (Wildman–Crippen LogP) is 0.484. The second-order valence-electron chi connectivity index (χ2n) is 3.11. The molecule has 0 fully saturated rings. The Morgan fingerprint density at radius 3 is 3.13 bits per heavy atom. The van der Waals surface area contributed by atoms with E-state index in [0.29, 0.717) is 16.3 Å². The number of nitrogens with zero attached hydrogens (tertiary/aromatic N) is 5. The van der Waals surface area contributed by atoms with Gasteiger partial charge in [-0.05, 0) is 20.0 Å². The predicted molar refractivity (Wildman–Crippen MR) is 56.7 cm³/mol. The van der Waals surface area contributed by atoms with Crippen molar-refractivity contribution in [3.05, 3.63) is 11.5 Å². The molecule has 2 aromatic rings. The maximum Gasteiger partial charge on any atom is 0.183 e. The molecular formula is C8H11ClN6. The van der Waals surface area contributed by atoms with Crippen LogP contribution in [0.1, 0.15) is 6.42 Å². The molecule has 0 spiro atoms. The normalized spacial score (nSPS) is 11.1. The fraction of sp³-hybridized carbons (Fsp3) is 0.500. The van der Waals surface area contributed by atoms with Gasteiger partial charge in [0.05, 0.1) is 0 Å². The molecule has 80 valence electrons. The van der Waals surface area contributed by atoms with E-state index in [0.717, 1.165) is 19.5 Å². The molecule has 0 unspecified atom stereocenters. The van der Waals surface area contributed by atoms with E-state index in [-0.39, 0.29) is 0 Å². The highest BCUT2D eigenvalue weighted by atomic mass is 35.5. The van der Waals surface area contributed by atoms with Crippen LogP contribution in [0.3, 0.4) is 0 Å². The SMILES string of the molecule is CNCCCn1nnc2c(Cl)ncnc21. The van der Waals surface area contributed by atoms with Crippen LogP contribution in [0.5, 0.6) is 0 Å². The van der Waals surface area contributed by atoms with Crippen molar-refractivity contribution in [3.63, 3.8) is 0 Å². The zero-order valence-corrected chi connectivity index (χ0v) is 9.07. The van der Waals surface area contributed by atoms with Gasteiger partial charge in [-0.1, -0.05) is 16.8 Å². The fourth-order valence-electron chi connectivity index (χ4n) is 1.32. The van der Waals surface area contributed by atoms with Crippen molar-refractivity contribution in [2.75, 3.05) is 13.6 Å². The lowest BCUT2D eigenvalue weighted by Crippen LogP contribution is -2.11. The molecule has 0 radical (unpaired) electrons. The molecule has 0 aromatic carbocycles. The molecular weight excluding hydrogens is 216 g/mol. The lowest BCUT2D eigenvalue weighted by Gasteiger charge is -2.00. The molecule has 2 aromatic heterocycles. The van der Waals surface area contributed by atoms with E-state index < -0.39 is 0 Å². The molecule has 0 amide bonds. The lowest BCUT2D eigenvalue weighted by atomic mass is 10.4. The van der Waals surface area contributed by atoms with Crippen molar-refractivity contribution in [2.45, 2.75) is 13.0 Å². The van der Waals surface area contributed by atoms with E-state index in [1.165, 1.54) is 6.33 Å². The molecule has 0 saturated heterocycles. The first-order valence-corrected chi connectivity index (χ1v) is 5.05. The van der Waals surface area contributed by atoms with E-state index in [2.05, 4.69) is 25.6 Å². The molecule has 0 atom stereocenters. The first-order chi connectivity index (χ1) is 7.33. The first-order valence-electron chi connectivity index (χ1n) is 4.67. The fourth-order valence-corrected chi connectivity index (χ4v) is 1.49. The molecule has 2 rings (SSSR count). The Balaban J connectivity index is 2.25. The van der Waals surface area contributed by atoms with Crippen LogP contribution in [0.4, 0.5) is 0 Å². The Bertz CT molecular complexity index is 453. The third-order valence-electron chi connectivity index (χ3n) is 2.05. The molecule has 2 heterocycles. The van der Waals surface area contributed by atoms with Gasteiger partial charge in [-0.3, -0.25) is 0 Å². The smallest absolute Gasteiger partial charge is 0.183 e. The van der Waals surface area contributed by atoms with E-state index in [9.17, 15) is 0 Å². The van der Waals surface area contributed by atoms with Crippen molar-refractivity contribution < 1.29 is 0 Å². The van der Waals surface area contributed by atoms with Crippen molar-refractivity contribution in [1.29, 1.82) is 0 Å². The maximum atomic E-state index is 5.85. The van der Waals surface area contributed by atoms with Gasteiger partial charge in [0, 0.05) is 6.54 Å². The summed E-state index contributed by atoms with van der Waals surface area (Å²) in [5.41, 5.74) is 1.25. The highest BCUT2D eigenvalue weighted by molar-refractivity contribution is 6.33. The van der Waals surface area contributed by atoms with E-state index >= 15 is 0 Å². The van der Waals surface area contributed by atoms with E-state index in [1.807, 2.05) is 7.05 Å². The van der Waals surface area contributed by atoms with Crippen molar-refractivity contribution in [1.82, 2.24) is 30.3 Å². The lowest BCUT2D eigenvalue weighted by molar-refractivity contribution is 0.555. The Kier molecular flexibility index (Phi) is 3.08. The van der Waals surface area contributed by atoms with Crippen molar-refractivity contribution >= 4 is 22.8 Å². The Morgan fingerprint density at radius 2 is 2.33 bits per heavy atom. The highest BCUT2D eigenvalue weighted by Crippen LogP contribution is 2.15. The third kappa shape index (κ3) is 2.05. The summed E-state index contributed by atoms with van der Waals surface area (Å²) in [5.74, 6) is 0. The molecule has 15 heavy (non-hydrogen) atoms. The van der Waals surface area contributed by atoms with Crippen molar-refractivity contribution in [3.8, 4) is 0 Å². The van der Waals surface area contributed by atoms with Crippen LogP contribution < -0.4 is 5.32 Å². The minimum atomic E-state index is 0.347. The van der Waals surface area contributed by atoms with Crippen LogP contribution in [0.15, 0.2) is 6.33 Å². The largest absolute Gasteiger partial charge is 0.320 e. The van der Waals surface area contributed by atoms with E-state index in [1.54, 1.807) is 4.68 Å². The number of hydrogen-bond donors (Lipinski definition) is 1. The monoisotopic (exact) mass is 226 g/mol. The Hall–Kier alpha value is -1.27. The average Bonchev–Trinajstić information content (AvgIpc) is 2.64. The van der Waals surface area contributed by atoms with Gasteiger partial charge in [-0.15, -0.1) is 5.10 Å². The molecule has 0 aliphatic carbocycles. The number of hydrogen-bond acceptors (Lipinski definition) is 5. The van der Waals surface area contributed by atoms with Gasteiger partial charge in [-0.2, -0.15) is 0 Å². The summed E-state index contributed by atoms with van der Waals surface area (Å²) in [7, 11) is 1.92. The quantitative estimate of drug-likeness (QED) is 0.607. The summed E-state index contributed by atoms with van der Waals surface area (Å²) in [4.78, 5) is 7.95. The molecule has 0 bridgehead atoms. The molecule has 6 nitrogen and oxygen atoms in total. The van der Waals surface area contributed by atoms with Gasteiger partial charge in [0.25, 0.3) is 0 Å². The van der Waals surface area contributed by atoms with Gasteiger partial charge < -0.3 is 5.32 Å². The summed E-state index contributed by atoms with van der Waals surface area (Å²) < 4.78 is 1.74. The first kappa shape index (κ1) is 10.3. The van der Waals surface area contributed by atoms with Crippen LogP contribution in [0.2, 0.25) is 5.15 Å². The van der Waals surface area contributed by atoms with E-state index in [4.69, 9.17) is 11.6 Å².